The second-order valence-electron chi connectivity index (χ2n) is 6.60. The van der Waals surface area contributed by atoms with E-state index < -0.39 is 0 Å². The molecule has 1 fully saturated rings. The highest BCUT2D eigenvalue weighted by Gasteiger charge is 2.20. The van der Waals surface area contributed by atoms with E-state index in [4.69, 9.17) is 4.52 Å². The van der Waals surface area contributed by atoms with Gasteiger partial charge < -0.3 is 8.92 Å². The molecular formula is C18H24N6O. The molecule has 25 heavy (non-hydrogen) atoms. The van der Waals surface area contributed by atoms with Gasteiger partial charge in [0.15, 0.2) is 5.82 Å². The first kappa shape index (κ1) is 16.2. The van der Waals surface area contributed by atoms with Gasteiger partial charge in [-0.15, -0.1) is 0 Å². The minimum Gasteiger partial charge on any atom is -0.338 e. The summed E-state index contributed by atoms with van der Waals surface area (Å²) < 4.78 is 7.43. The molecule has 7 nitrogen and oxygen atoms in total. The molecular weight excluding hydrogens is 316 g/mol. The number of hydrogen-bond acceptors (Lipinski definition) is 6. The van der Waals surface area contributed by atoms with E-state index in [1.807, 2.05) is 24.4 Å². The van der Waals surface area contributed by atoms with Crippen LogP contribution in [0.15, 0.2) is 35.1 Å². The molecule has 0 unspecified atom stereocenters. The average Bonchev–Trinajstić information content (AvgIpc) is 3.23. The van der Waals surface area contributed by atoms with Gasteiger partial charge in [-0.3, -0.25) is 9.80 Å². The van der Waals surface area contributed by atoms with Crippen LogP contribution in [-0.2, 0) is 19.5 Å². The van der Waals surface area contributed by atoms with Crippen LogP contribution < -0.4 is 0 Å². The van der Waals surface area contributed by atoms with Crippen molar-refractivity contribution in [2.45, 2.75) is 32.9 Å². The van der Waals surface area contributed by atoms with Gasteiger partial charge in [0, 0.05) is 51.5 Å². The van der Waals surface area contributed by atoms with Crippen molar-refractivity contribution < 1.29 is 4.52 Å². The van der Waals surface area contributed by atoms with Gasteiger partial charge in [-0.05, 0) is 18.6 Å². The Morgan fingerprint density at radius 2 is 1.84 bits per heavy atom. The fraction of sp³-hybridized carbons (Fsp3) is 0.500. The fourth-order valence-corrected chi connectivity index (χ4v) is 3.27. The molecule has 0 saturated carbocycles. The van der Waals surface area contributed by atoms with E-state index in [9.17, 15) is 0 Å². The van der Waals surface area contributed by atoms with Crippen molar-refractivity contribution in [1.82, 2.24) is 29.3 Å². The zero-order valence-electron chi connectivity index (χ0n) is 14.6. The van der Waals surface area contributed by atoms with E-state index >= 15 is 0 Å². The van der Waals surface area contributed by atoms with Crippen molar-refractivity contribution in [3.8, 4) is 0 Å². The highest BCUT2D eigenvalue weighted by Crippen LogP contribution is 2.12. The Bertz CT molecular complexity index is 785. The van der Waals surface area contributed by atoms with Crippen LogP contribution in [0.3, 0.4) is 0 Å². The van der Waals surface area contributed by atoms with E-state index in [0.717, 1.165) is 75.2 Å². The average molecular weight is 340 g/mol. The van der Waals surface area contributed by atoms with Crippen molar-refractivity contribution in [2.75, 3.05) is 26.2 Å². The third-order valence-corrected chi connectivity index (χ3v) is 4.61. The maximum atomic E-state index is 5.35. The first-order chi connectivity index (χ1) is 12.3. The topological polar surface area (TPSA) is 62.7 Å². The predicted octanol–water partition coefficient (Wildman–Crippen LogP) is 1.99. The SMILES string of the molecule is CCCc1noc(CN2CCN(Cc3cn4ccccc4n3)CC2)n1. The Morgan fingerprint density at radius 3 is 2.60 bits per heavy atom. The van der Waals surface area contributed by atoms with Crippen molar-refractivity contribution in [2.24, 2.45) is 0 Å². The molecule has 132 valence electrons. The van der Waals surface area contributed by atoms with Crippen LogP contribution in [0, 0.1) is 0 Å². The number of rotatable bonds is 6. The summed E-state index contributed by atoms with van der Waals surface area (Å²) in [6, 6.07) is 6.09. The number of fused-ring (bicyclic) bond motifs is 1. The van der Waals surface area contributed by atoms with Gasteiger partial charge in [-0.25, -0.2) is 4.98 Å². The molecule has 1 aliphatic heterocycles. The van der Waals surface area contributed by atoms with Crippen molar-refractivity contribution >= 4 is 5.65 Å². The standard InChI is InChI=1S/C18H24N6O/c1-2-5-16-20-18(25-21-16)14-23-10-8-22(9-11-23)12-15-13-24-7-4-3-6-17(24)19-15/h3-4,6-7,13H,2,5,8-12,14H2,1H3. The summed E-state index contributed by atoms with van der Waals surface area (Å²) in [6.07, 6.45) is 6.09. The lowest BCUT2D eigenvalue weighted by Crippen LogP contribution is -2.45. The minimum absolute atomic E-state index is 0.734. The summed E-state index contributed by atoms with van der Waals surface area (Å²) in [5, 5.41) is 4.03. The van der Waals surface area contributed by atoms with Gasteiger partial charge in [0.25, 0.3) is 0 Å². The number of aromatic nitrogens is 4. The summed E-state index contributed by atoms with van der Waals surface area (Å²) in [7, 11) is 0. The first-order valence-corrected chi connectivity index (χ1v) is 8.99. The molecule has 0 aliphatic carbocycles. The minimum atomic E-state index is 0.734. The Morgan fingerprint density at radius 1 is 1.04 bits per heavy atom. The molecule has 0 atom stereocenters. The largest absolute Gasteiger partial charge is 0.338 e. The van der Waals surface area contributed by atoms with Crippen LogP contribution in [-0.4, -0.2) is 55.5 Å². The molecule has 1 saturated heterocycles. The summed E-state index contributed by atoms with van der Waals surface area (Å²) in [5.41, 5.74) is 2.14. The fourth-order valence-electron chi connectivity index (χ4n) is 3.27. The summed E-state index contributed by atoms with van der Waals surface area (Å²) in [5.74, 6) is 1.56. The lowest BCUT2D eigenvalue weighted by atomic mass is 10.3. The number of hydrogen-bond donors (Lipinski definition) is 0. The zero-order valence-corrected chi connectivity index (χ0v) is 14.6. The highest BCUT2D eigenvalue weighted by molar-refractivity contribution is 5.39. The third kappa shape index (κ3) is 3.88. The van der Waals surface area contributed by atoms with Crippen LogP contribution in [0.2, 0.25) is 0 Å². The Balaban J connectivity index is 1.28. The van der Waals surface area contributed by atoms with Gasteiger partial charge in [-0.1, -0.05) is 18.1 Å². The number of nitrogens with zero attached hydrogens (tertiary/aromatic N) is 6. The molecule has 0 aromatic carbocycles. The molecule has 3 aromatic rings. The lowest BCUT2D eigenvalue weighted by molar-refractivity contribution is 0.111. The smallest absolute Gasteiger partial charge is 0.240 e. The normalized spacial score (nSPS) is 16.7. The predicted molar refractivity (Wildman–Crippen MR) is 94.0 cm³/mol. The number of pyridine rings is 1. The van der Waals surface area contributed by atoms with Crippen LogP contribution >= 0.6 is 0 Å². The molecule has 0 amide bonds. The third-order valence-electron chi connectivity index (χ3n) is 4.61. The summed E-state index contributed by atoms with van der Waals surface area (Å²) in [4.78, 5) is 14.0. The number of aryl methyl sites for hydroxylation is 1. The molecule has 3 aromatic heterocycles. The molecule has 1 aliphatic rings. The van der Waals surface area contributed by atoms with E-state index in [-0.39, 0.29) is 0 Å². The van der Waals surface area contributed by atoms with Gasteiger partial charge in [0.2, 0.25) is 5.89 Å². The second-order valence-corrected chi connectivity index (χ2v) is 6.60. The maximum Gasteiger partial charge on any atom is 0.240 e. The van der Waals surface area contributed by atoms with E-state index in [0.29, 0.717) is 0 Å². The molecule has 7 heteroatoms. The van der Waals surface area contributed by atoms with Crippen LogP contribution in [0.1, 0.15) is 30.8 Å². The number of imidazole rings is 1. The lowest BCUT2D eigenvalue weighted by Gasteiger charge is -2.33. The maximum absolute atomic E-state index is 5.35. The number of piperazine rings is 1. The molecule has 0 N–H and O–H groups in total. The van der Waals surface area contributed by atoms with Crippen LogP contribution in [0.5, 0.6) is 0 Å². The Hall–Kier alpha value is -2.25. The van der Waals surface area contributed by atoms with E-state index in [1.54, 1.807) is 0 Å². The monoisotopic (exact) mass is 340 g/mol. The van der Waals surface area contributed by atoms with E-state index in [2.05, 4.69) is 42.4 Å². The summed E-state index contributed by atoms with van der Waals surface area (Å²) in [6.45, 7) is 7.86. The molecule has 0 bridgehead atoms. The first-order valence-electron chi connectivity index (χ1n) is 8.99. The van der Waals surface area contributed by atoms with Gasteiger partial charge in [-0.2, -0.15) is 4.98 Å². The van der Waals surface area contributed by atoms with Gasteiger partial charge >= 0.3 is 0 Å². The molecule has 0 radical (unpaired) electrons. The quantitative estimate of drug-likeness (QED) is 0.684. The van der Waals surface area contributed by atoms with E-state index in [1.165, 1.54) is 0 Å². The molecule has 0 spiro atoms. The Labute approximate surface area is 147 Å². The van der Waals surface area contributed by atoms with Crippen LogP contribution in [0.25, 0.3) is 5.65 Å². The van der Waals surface area contributed by atoms with Gasteiger partial charge in [0.05, 0.1) is 12.2 Å². The van der Waals surface area contributed by atoms with Crippen molar-refractivity contribution in [3.63, 3.8) is 0 Å². The van der Waals surface area contributed by atoms with Crippen LogP contribution in [0.4, 0.5) is 0 Å². The highest BCUT2D eigenvalue weighted by atomic mass is 16.5. The zero-order chi connectivity index (χ0) is 17.1. The van der Waals surface area contributed by atoms with Crippen molar-refractivity contribution in [1.29, 1.82) is 0 Å². The van der Waals surface area contributed by atoms with Crippen molar-refractivity contribution in [3.05, 3.63) is 48.0 Å². The van der Waals surface area contributed by atoms with Gasteiger partial charge in [0.1, 0.15) is 5.65 Å². The molecule has 4 rings (SSSR count). The Kier molecular flexibility index (Phi) is 4.76. The second kappa shape index (κ2) is 7.33. The summed E-state index contributed by atoms with van der Waals surface area (Å²) >= 11 is 0. The molecule has 4 heterocycles.